The highest BCUT2D eigenvalue weighted by Crippen LogP contribution is 1.90. The largest absolute Gasteiger partial charge is 0.386 e. The molecule has 0 radical (unpaired) electrons. The molecule has 0 spiro atoms. The molecule has 1 atom stereocenters. The van der Waals surface area contributed by atoms with Gasteiger partial charge in [0.15, 0.2) is 5.78 Å². The SMILES string of the molecule is CC(=O)CC(=O)C(C)O. The monoisotopic (exact) mass is 130 g/mol. The van der Waals surface area contributed by atoms with E-state index in [1.165, 1.54) is 13.8 Å². The molecule has 0 fully saturated rings. The van der Waals surface area contributed by atoms with E-state index in [4.69, 9.17) is 5.11 Å². The van der Waals surface area contributed by atoms with Crippen LogP contribution < -0.4 is 0 Å². The van der Waals surface area contributed by atoms with Crippen molar-refractivity contribution in [2.24, 2.45) is 0 Å². The average Bonchev–Trinajstić information content (AvgIpc) is 1.63. The Bertz CT molecular complexity index is 126. The summed E-state index contributed by atoms with van der Waals surface area (Å²) < 4.78 is 0. The lowest BCUT2D eigenvalue weighted by atomic mass is 10.1. The van der Waals surface area contributed by atoms with Crippen LogP contribution in [0.3, 0.4) is 0 Å². The maximum Gasteiger partial charge on any atom is 0.168 e. The van der Waals surface area contributed by atoms with Crippen molar-refractivity contribution in [2.75, 3.05) is 0 Å². The van der Waals surface area contributed by atoms with Gasteiger partial charge in [0.2, 0.25) is 0 Å². The molecule has 0 bridgehead atoms. The quantitative estimate of drug-likeness (QED) is 0.543. The lowest BCUT2D eigenvalue weighted by Gasteiger charge is -1.97. The summed E-state index contributed by atoms with van der Waals surface area (Å²) in [6.07, 6.45) is -1.16. The van der Waals surface area contributed by atoms with Crippen LogP contribution in [0.4, 0.5) is 0 Å². The van der Waals surface area contributed by atoms with Crippen LogP contribution in [-0.4, -0.2) is 22.8 Å². The summed E-state index contributed by atoms with van der Waals surface area (Å²) in [6, 6.07) is 0. The van der Waals surface area contributed by atoms with E-state index in [9.17, 15) is 9.59 Å². The number of Topliss-reactive ketones (excluding diaryl/α,β-unsaturated/α-hetero) is 2. The highest BCUT2D eigenvalue weighted by atomic mass is 16.3. The topological polar surface area (TPSA) is 54.4 Å². The lowest BCUT2D eigenvalue weighted by Crippen LogP contribution is -2.18. The van der Waals surface area contributed by atoms with E-state index in [0.29, 0.717) is 0 Å². The average molecular weight is 130 g/mol. The lowest BCUT2D eigenvalue weighted by molar-refractivity contribution is -0.130. The molecule has 52 valence electrons. The fraction of sp³-hybridized carbons (Fsp3) is 0.667. The van der Waals surface area contributed by atoms with Gasteiger partial charge in [-0.3, -0.25) is 9.59 Å². The first-order valence-electron chi connectivity index (χ1n) is 2.74. The highest BCUT2D eigenvalue weighted by Gasteiger charge is 2.10. The van der Waals surface area contributed by atoms with Crippen molar-refractivity contribution < 1.29 is 14.7 Å². The molecule has 0 saturated carbocycles. The summed E-state index contributed by atoms with van der Waals surface area (Å²) in [5, 5.41) is 8.57. The summed E-state index contributed by atoms with van der Waals surface area (Å²) in [5.74, 6) is -0.622. The van der Waals surface area contributed by atoms with E-state index in [1.54, 1.807) is 0 Å². The number of carbonyl (C=O) groups is 2. The van der Waals surface area contributed by atoms with Crippen molar-refractivity contribution in [3.63, 3.8) is 0 Å². The molecule has 0 aliphatic carbocycles. The second kappa shape index (κ2) is 3.35. The van der Waals surface area contributed by atoms with Gasteiger partial charge in [0.05, 0.1) is 6.42 Å². The van der Waals surface area contributed by atoms with Crippen LogP contribution in [0.5, 0.6) is 0 Å². The van der Waals surface area contributed by atoms with E-state index >= 15 is 0 Å². The van der Waals surface area contributed by atoms with Gasteiger partial charge in [0, 0.05) is 0 Å². The predicted molar refractivity (Wildman–Crippen MR) is 32.0 cm³/mol. The van der Waals surface area contributed by atoms with E-state index in [2.05, 4.69) is 0 Å². The zero-order valence-electron chi connectivity index (χ0n) is 5.55. The Hall–Kier alpha value is -0.700. The minimum Gasteiger partial charge on any atom is -0.386 e. The number of carbonyl (C=O) groups excluding carboxylic acids is 2. The van der Waals surface area contributed by atoms with Crippen molar-refractivity contribution in [3.8, 4) is 0 Å². The van der Waals surface area contributed by atoms with E-state index in [-0.39, 0.29) is 12.2 Å². The second-order valence-corrected chi connectivity index (χ2v) is 2.02. The summed E-state index contributed by atoms with van der Waals surface area (Å²) in [7, 11) is 0. The van der Waals surface area contributed by atoms with Crippen molar-refractivity contribution in [2.45, 2.75) is 26.4 Å². The molecule has 1 unspecified atom stereocenters. The first-order valence-corrected chi connectivity index (χ1v) is 2.74. The van der Waals surface area contributed by atoms with Gasteiger partial charge in [-0.25, -0.2) is 0 Å². The predicted octanol–water partition coefficient (Wildman–Crippen LogP) is -0.0846. The number of ketones is 2. The molecule has 0 aliphatic heterocycles. The standard InChI is InChI=1S/C6H10O3/c1-4(7)3-6(9)5(2)8/h5,8H,3H2,1-2H3. The molecule has 0 aromatic heterocycles. The van der Waals surface area contributed by atoms with Crippen LogP contribution in [0.1, 0.15) is 20.3 Å². The number of rotatable bonds is 3. The fourth-order valence-corrected chi connectivity index (χ4v) is 0.393. The van der Waals surface area contributed by atoms with Crippen molar-refractivity contribution in [1.82, 2.24) is 0 Å². The fourth-order valence-electron chi connectivity index (χ4n) is 0.393. The Morgan fingerprint density at radius 2 is 2.00 bits per heavy atom. The van der Waals surface area contributed by atoms with Gasteiger partial charge in [-0.2, -0.15) is 0 Å². The number of aliphatic hydroxyl groups is 1. The highest BCUT2D eigenvalue weighted by molar-refractivity contribution is 5.99. The molecule has 0 aromatic rings. The van der Waals surface area contributed by atoms with E-state index in [1.807, 2.05) is 0 Å². The van der Waals surface area contributed by atoms with Crippen LogP contribution >= 0.6 is 0 Å². The zero-order valence-corrected chi connectivity index (χ0v) is 5.55. The van der Waals surface area contributed by atoms with Crippen molar-refractivity contribution in [3.05, 3.63) is 0 Å². The maximum atomic E-state index is 10.5. The minimum absolute atomic E-state index is 0.155. The van der Waals surface area contributed by atoms with E-state index < -0.39 is 11.9 Å². The van der Waals surface area contributed by atoms with Gasteiger partial charge in [-0.05, 0) is 13.8 Å². The van der Waals surface area contributed by atoms with Gasteiger partial charge in [0.1, 0.15) is 11.9 Å². The van der Waals surface area contributed by atoms with Gasteiger partial charge in [-0.1, -0.05) is 0 Å². The smallest absolute Gasteiger partial charge is 0.168 e. The van der Waals surface area contributed by atoms with Gasteiger partial charge in [0.25, 0.3) is 0 Å². The molecule has 3 nitrogen and oxygen atoms in total. The minimum atomic E-state index is -1.01. The molecular weight excluding hydrogens is 120 g/mol. The molecule has 0 aromatic carbocycles. The Morgan fingerprint density at radius 1 is 1.56 bits per heavy atom. The molecule has 0 heterocycles. The normalized spacial score (nSPS) is 12.8. The number of hydrogen-bond acceptors (Lipinski definition) is 3. The van der Waals surface area contributed by atoms with Crippen LogP contribution in [-0.2, 0) is 9.59 Å². The first kappa shape index (κ1) is 8.30. The van der Waals surface area contributed by atoms with Gasteiger partial charge in [-0.15, -0.1) is 0 Å². The van der Waals surface area contributed by atoms with Crippen LogP contribution in [0.15, 0.2) is 0 Å². The summed E-state index contributed by atoms with van der Waals surface area (Å²) in [6.45, 7) is 2.67. The van der Waals surface area contributed by atoms with Crippen LogP contribution in [0.2, 0.25) is 0 Å². The van der Waals surface area contributed by atoms with Gasteiger partial charge >= 0.3 is 0 Å². The molecule has 9 heavy (non-hydrogen) atoms. The molecule has 0 saturated heterocycles. The summed E-state index contributed by atoms with van der Waals surface area (Å²) in [4.78, 5) is 20.7. The third-order valence-corrected chi connectivity index (χ3v) is 0.889. The van der Waals surface area contributed by atoms with E-state index in [0.717, 1.165) is 0 Å². The maximum absolute atomic E-state index is 10.5. The third-order valence-electron chi connectivity index (χ3n) is 0.889. The molecule has 3 heteroatoms. The summed E-state index contributed by atoms with van der Waals surface area (Å²) >= 11 is 0. The van der Waals surface area contributed by atoms with Crippen LogP contribution in [0, 0.1) is 0 Å². The third kappa shape index (κ3) is 3.85. The van der Waals surface area contributed by atoms with Crippen molar-refractivity contribution >= 4 is 11.6 Å². The number of hydrogen-bond donors (Lipinski definition) is 1. The zero-order chi connectivity index (χ0) is 7.44. The molecule has 0 aliphatic rings. The van der Waals surface area contributed by atoms with Gasteiger partial charge < -0.3 is 5.11 Å². The number of aliphatic hydroxyl groups excluding tert-OH is 1. The Morgan fingerprint density at radius 3 is 2.11 bits per heavy atom. The summed E-state index contributed by atoms with van der Waals surface area (Å²) in [5.41, 5.74) is 0. The molecule has 0 amide bonds. The Labute approximate surface area is 53.7 Å². The molecule has 1 N–H and O–H groups in total. The van der Waals surface area contributed by atoms with Crippen LogP contribution in [0.25, 0.3) is 0 Å². The molecular formula is C6H10O3. The second-order valence-electron chi connectivity index (χ2n) is 2.02. The molecule has 0 rings (SSSR count). The Balaban J connectivity index is 3.64. The Kier molecular flexibility index (Phi) is 3.09. The first-order chi connectivity index (χ1) is 4.04. The van der Waals surface area contributed by atoms with Crippen molar-refractivity contribution in [1.29, 1.82) is 0 Å².